The maximum Gasteiger partial charge on any atom is 0.256 e. The maximum absolute atomic E-state index is 5.16. The van der Waals surface area contributed by atoms with Crippen molar-refractivity contribution in [2.24, 2.45) is 0 Å². The highest BCUT2D eigenvalue weighted by Gasteiger charge is 2.00. The van der Waals surface area contributed by atoms with E-state index in [4.69, 9.17) is 4.42 Å². The number of hydrogen-bond acceptors (Lipinski definition) is 3. The summed E-state index contributed by atoms with van der Waals surface area (Å²) in [4.78, 5) is 4.17. The van der Waals surface area contributed by atoms with Gasteiger partial charge in [-0.05, 0) is 29.0 Å². The zero-order chi connectivity index (χ0) is 8.10. The van der Waals surface area contributed by atoms with Crippen LogP contribution >= 0.6 is 34.4 Å². The van der Waals surface area contributed by atoms with Gasteiger partial charge in [-0.1, -0.05) is 25.1 Å². The molecule has 0 radical (unpaired) electrons. The molecule has 1 aromatic rings. The molecule has 0 saturated carbocycles. The summed E-state index contributed by atoms with van der Waals surface area (Å²) in [5, 5.41) is 0.794. The van der Waals surface area contributed by atoms with E-state index in [9.17, 15) is 0 Å². The predicted molar refractivity (Wildman–Crippen MR) is 54.9 cm³/mol. The van der Waals surface area contributed by atoms with Crippen LogP contribution in [0.25, 0.3) is 0 Å². The van der Waals surface area contributed by atoms with Crippen LogP contribution < -0.4 is 0 Å². The summed E-state index contributed by atoms with van der Waals surface area (Å²) in [5.41, 5.74) is 0. The molecule has 0 aliphatic rings. The molecule has 0 fully saturated rings. The third kappa shape index (κ3) is 3.46. The Kier molecular flexibility index (Phi) is 4.29. The molecular formula is C7H10INOS. The quantitative estimate of drug-likeness (QED) is 0.482. The fourth-order valence-electron chi connectivity index (χ4n) is 0.609. The van der Waals surface area contributed by atoms with Crippen LogP contribution in [0.15, 0.2) is 15.9 Å². The third-order valence-electron chi connectivity index (χ3n) is 1.18. The molecule has 4 heteroatoms. The van der Waals surface area contributed by atoms with Crippen LogP contribution in [0.5, 0.6) is 0 Å². The van der Waals surface area contributed by atoms with E-state index in [1.54, 1.807) is 18.0 Å². The topological polar surface area (TPSA) is 26.0 Å². The Hall–Kier alpha value is 0.290. The Labute approximate surface area is 84.3 Å². The molecule has 0 aliphatic carbocycles. The van der Waals surface area contributed by atoms with Gasteiger partial charge in [0.1, 0.15) is 9.96 Å². The fraction of sp³-hybridized carbons (Fsp3) is 0.571. The lowest BCUT2D eigenvalue weighted by Crippen LogP contribution is -1.77. The molecular weight excluding hydrogens is 273 g/mol. The van der Waals surface area contributed by atoms with Crippen LogP contribution in [0.3, 0.4) is 0 Å². The van der Waals surface area contributed by atoms with Crippen molar-refractivity contribution in [3.05, 3.63) is 9.96 Å². The van der Waals surface area contributed by atoms with Gasteiger partial charge >= 0.3 is 0 Å². The molecule has 1 aromatic heterocycles. The van der Waals surface area contributed by atoms with Gasteiger partial charge in [0.2, 0.25) is 0 Å². The van der Waals surface area contributed by atoms with Gasteiger partial charge in [0.15, 0.2) is 0 Å². The van der Waals surface area contributed by atoms with Gasteiger partial charge in [0, 0.05) is 5.75 Å². The molecule has 0 unspecified atom stereocenters. The monoisotopic (exact) mass is 283 g/mol. The van der Waals surface area contributed by atoms with Gasteiger partial charge in [0.05, 0.1) is 0 Å². The Bertz CT molecular complexity index is 214. The van der Waals surface area contributed by atoms with Gasteiger partial charge in [-0.15, -0.1) is 0 Å². The lowest BCUT2D eigenvalue weighted by atomic mass is 10.4. The number of nitrogens with zero attached hydrogens (tertiary/aromatic N) is 1. The van der Waals surface area contributed by atoms with Crippen molar-refractivity contribution < 1.29 is 4.42 Å². The van der Waals surface area contributed by atoms with Crippen LogP contribution in [0.2, 0.25) is 0 Å². The number of halogens is 1. The van der Waals surface area contributed by atoms with E-state index in [0.29, 0.717) is 0 Å². The highest BCUT2D eigenvalue weighted by Crippen LogP contribution is 2.18. The second-order valence-corrected chi connectivity index (χ2v) is 4.29. The summed E-state index contributed by atoms with van der Waals surface area (Å²) in [6, 6.07) is 0. The molecule has 1 heterocycles. The Morgan fingerprint density at radius 3 is 3.09 bits per heavy atom. The zero-order valence-corrected chi connectivity index (χ0v) is 9.31. The van der Waals surface area contributed by atoms with Crippen molar-refractivity contribution in [2.45, 2.75) is 25.0 Å². The molecule has 0 atom stereocenters. The van der Waals surface area contributed by atoms with Gasteiger partial charge in [-0.25, -0.2) is 0 Å². The van der Waals surface area contributed by atoms with Crippen LogP contribution in [0.4, 0.5) is 0 Å². The minimum Gasteiger partial charge on any atom is -0.439 e. The molecule has 0 bridgehead atoms. The highest BCUT2D eigenvalue weighted by molar-refractivity contribution is 14.1. The summed E-state index contributed by atoms with van der Waals surface area (Å²) >= 11 is 3.83. The first-order chi connectivity index (χ1) is 5.33. The Morgan fingerprint density at radius 1 is 1.73 bits per heavy atom. The third-order valence-corrected chi connectivity index (χ3v) is 2.60. The van der Waals surface area contributed by atoms with E-state index < -0.39 is 0 Å². The van der Waals surface area contributed by atoms with Crippen molar-refractivity contribution in [3.8, 4) is 0 Å². The first-order valence-corrected chi connectivity index (χ1v) is 5.63. The summed E-state index contributed by atoms with van der Waals surface area (Å²) in [6.45, 7) is 2.18. The first-order valence-electron chi connectivity index (χ1n) is 3.56. The second kappa shape index (κ2) is 5.03. The minimum atomic E-state index is 0.794. The van der Waals surface area contributed by atoms with E-state index in [1.165, 1.54) is 12.8 Å². The lowest BCUT2D eigenvalue weighted by molar-refractivity contribution is 0.454. The average Bonchev–Trinajstić information content (AvgIpc) is 2.37. The Balaban J connectivity index is 2.27. The first kappa shape index (κ1) is 9.38. The number of hydrogen-bond donors (Lipinski definition) is 0. The SMILES string of the molecule is CCCCSc1nc(I)co1. The van der Waals surface area contributed by atoms with E-state index in [2.05, 4.69) is 34.5 Å². The van der Waals surface area contributed by atoms with E-state index in [1.807, 2.05) is 0 Å². The van der Waals surface area contributed by atoms with Crippen molar-refractivity contribution in [1.82, 2.24) is 4.98 Å². The molecule has 0 amide bonds. The molecule has 0 aromatic carbocycles. The standard InChI is InChI=1S/C7H10INOS/c1-2-3-4-11-7-9-6(8)5-10-7/h5H,2-4H2,1H3. The number of rotatable bonds is 4. The molecule has 0 spiro atoms. The van der Waals surface area contributed by atoms with Crippen LogP contribution in [0.1, 0.15) is 19.8 Å². The molecule has 62 valence electrons. The Morgan fingerprint density at radius 2 is 2.55 bits per heavy atom. The van der Waals surface area contributed by atoms with Crippen molar-refractivity contribution in [2.75, 3.05) is 5.75 Å². The summed E-state index contributed by atoms with van der Waals surface area (Å²) in [7, 11) is 0. The van der Waals surface area contributed by atoms with E-state index in [-0.39, 0.29) is 0 Å². The van der Waals surface area contributed by atoms with E-state index >= 15 is 0 Å². The van der Waals surface area contributed by atoms with Gasteiger partial charge in [0.25, 0.3) is 5.22 Å². The predicted octanol–water partition coefficient (Wildman–Crippen LogP) is 3.17. The highest BCUT2D eigenvalue weighted by atomic mass is 127. The normalized spacial score (nSPS) is 10.4. The second-order valence-electron chi connectivity index (χ2n) is 2.14. The summed E-state index contributed by atoms with van der Waals surface area (Å²) in [6.07, 6.45) is 4.13. The largest absolute Gasteiger partial charge is 0.439 e. The number of oxazole rings is 1. The zero-order valence-electron chi connectivity index (χ0n) is 6.34. The molecule has 2 nitrogen and oxygen atoms in total. The average molecular weight is 283 g/mol. The fourth-order valence-corrected chi connectivity index (χ4v) is 2.01. The van der Waals surface area contributed by atoms with E-state index in [0.717, 1.165) is 14.7 Å². The minimum absolute atomic E-state index is 0.794. The summed E-state index contributed by atoms with van der Waals surface area (Å²) < 4.78 is 6.09. The maximum atomic E-state index is 5.16. The molecule has 0 N–H and O–H groups in total. The van der Waals surface area contributed by atoms with Gasteiger partial charge < -0.3 is 4.42 Å². The summed E-state index contributed by atoms with van der Waals surface area (Å²) in [5.74, 6) is 1.10. The molecule has 0 aliphatic heterocycles. The number of thioether (sulfide) groups is 1. The van der Waals surface area contributed by atoms with Gasteiger partial charge in [-0.2, -0.15) is 4.98 Å². The van der Waals surface area contributed by atoms with Crippen LogP contribution in [-0.2, 0) is 0 Å². The number of unbranched alkanes of at least 4 members (excludes halogenated alkanes) is 1. The number of aromatic nitrogens is 1. The lowest BCUT2D eigenvalue weighted by Gasteiger charge is -1.91. The molecule has 0 saturated heterocycles. The smallest absolute Gasteiger partial charge is 0.256 e. The van der Waals surface area contributed by atoms with Crippen molar-refractivity contribution in [3.63, 3.8) is 0 Å². The van der Waals surface area contributed by atoms with Crippen molar-refractivity contribution >= 4 is 34.4 Å². The van der Waals surface area contributed by atoms with Crippen LogP contribution in [0, 0.1) is 3.70 Å². The van der Waals surface area contributed by atoms with Crippen LogP contribution in [-0.4, -0.2) is 10.7 Å². The molecule has 1 rings (SSSR count). The van der Waals surface area contributed by atoms with Gasteiger partial charge in [-0.3, -0.25) is 0 Å². The molecule has 11 heavy (non-hydrogen) atoms. The van der Waals surface area contributed by atoms with Crippen molar-refractivity contribution in [1.29, 1.82) is 0 Å².